The van der Waals surface area contributed by atoms with E-state index >= 15 is 0 Å². The van der Waals surface area contributed by atoms with Gasteiger partial charge in [-0.25, -0.2) is 0 Å². The number of rotatable bonds is 7. The van der Waals surface area contributed by atoms with Crippen LogP contribution in [0.15, 0.2) is 72.8 Å². The predicted molar refractivity (Wildman–Crippen MR) is 123 cm³/mol. The summed E-state index contributed by atoms with van der Waals surface area (Å²) in [5.74, 6) is 0.106. The fourth-order valence-corrected chi connectivity index (χ4v) is 4.32. The largest absolute Gasteiger partial charge is 0.489 e. The number of carboxylic acid groups (broad SMARTS) is 1. The molecule has 1 aliphatic rings. The van der Waals surface area contributed by atoms with Crippen molar-refractivity contribution in [3.8, 4) is 16.9 Å². The molecule has 1 aliphatic heterocycles. The number of ether oxygens (including phenoxy) is 1. The zero-order chi connectivity index (χ0) is 21.6. The molecule has 0 unspecified atom stereocenters. The highest BCUT2D eigenvalue weighted by atomic mass is 16.5. The van der Waals surface area contributed by atoms with E-state index < -0.39 is 5.97 Å². The van der Waals surface area contributed by atoms with Gasteiger partial charge in [0.1, 0.15) is 18.4 Å². The zero-order valence-corrected chi connectivity index (χ0v) is 18.0. The summed E-state index contributed by atoms with van der Waals surface area (Å²) in [4.78, 5) is 13.6. The van der Waals surface area contributed by atoms with Crippen molar-refractivity contribution in [2.45, 2.75) is 45.4 Å². The third kappa shape index (κ3) is 5.15. The molecule has 3 aromatic rings. The highest BCUT2D eigenvalue weighted by Crippen LogP contribution is 2.27. The molecule has 0 aliphatic carbocycles. The molecule has 1 fully saturated rings. The lowest BCUT2D eigenvalue weighted by atomic mass is 9.97. The van der Waals surface area contributed by atoms with E-state index in [1.807, 2.05) is 30.3 Å². The number of piperidine rings is 1. The molecule has 160 valence electrons. The van der Waals surface area contributed by atoms with Crippen molar-refractivity contribution < 1.29 is 14.6 Å². The molecule has 4 heteroatoms. The summed E-state index contributed by atoms with van der Waals surface area (Å²) in [7, 11) is 0. The normalized spacial score (nSPS) is 16.7. The second-order valence-corrected chi connectivity index (χ2v) is 8.21. The van der Waals surface area contributed by atoms with Gasteiger partial charge in [0, 0.05) is 6.54 Å². The highest BCUT2D eigenvalue weighted by molar-refractivity contribution is 5.73. The smallest absolute Gasteiger partial charge is 0.320 e. The van der Waals surface area contributed by atoms with Crippen LogP contribution in [0.25, 0.3) is 11.1 Å². The number of aliphatic carboxylic acids is 1. The summed E-state index contributed by atoms with van der Waals surface area (Å²) in [6.07, 6.45) is 2.79. The van der Waals surface area contributed by atoms with E-state index in [0.29, 0.717) is 13.2 Å². The molecule has 4 rings (SSSR count). The summed E-state index contributed by atoms with van der Waals surface area (Å²) in [6.45, 7) is 4.16. The number of benzene rings is 3. The lowest BCUT2D eigenvalue weighted by Crippen LogP contribution is -2.43. The minimum atomic E-state index is -0.715. The van der Waals surface area contributed by atoms with Crippen LogP contribution in [0.3, 0.4) is 0 Å². The first-order valence-corrected chi connectivity index (χ1v) is 10.9. The van der Waals surface area contributed by atoms with Crippen LogP contribution in [0, 0.1) is 6.92 Å². The van der Waals surface area contributed by atoms with Gasteiger partial charge < -0.3 is 9.84 Å². The van der Waals surface area contributed by atoms with Crippen molar-refractivity contribution in [1.82, 2.24) is 4.90 Å². The Labute approximate surface area is 184 Å². The van der Waals surface area contributed by atoms with Crippen LogP contribution in [0.2, 0.25) is 0 Å². The molecule has 3 aromatic carbocycles. The van der Waals surface area contributed by atoms with Crippen LogP contribution in [0.4, 0.5) is 0 Å². The third-order valence-electron chi connectivity index (χ3n) is 6.13. The number of carboxylic acids is 1. The van der Waals surface area contributed by atoms with Crippen molar-refractivity contribution in [2.24, 2.45) is 0 Å². The molecule has 1 saturated heterocycles. The van der Waals surface area contributed by atoms with Crippen molar-refractivity contribution >= 4 is 5.97 Å². The third-order valence-corrected chi connectivity index (χ3v) is 6.13. The Balaban J connectivity index is 1.39. The van der Waals surface area contributed by atoms with E-state index in [1.54, 1.807) is 0 Å². The maximum absolute atomic E-state index is 11.5. The van der Waals surface area contributed by atoms with Crippen LogP contribution in [0.5, 0.6) is 5.75 Å². The maximum Gasteiger partial charge on any atom is 0.320 e. The SMILES string of the molecule is Cc1c(COc2ccc(CN3CCCC[C@@H]3C(=O)O)cc2)cccc1-c1ccccc1. The van der Waals surface area contributed by atoms with Gasteiger partial charge in [-0.3, -0.25) is 9.69 Å². The van der Waals surface area contributed by atoms with Gasteiger partial charge in [-0.05, 0) is 66.3 Å². The fraction of sp³-hybridized carbons (Fsp3) is 0.296. The van der Waals surface area contributed by atoms with E-state index in [1.165, 1.54) is 22.3 Å². The van der Waals surface area contributed by atoms with Crippen molar-refractivity contribution in [1.29, 1.82) is 0 Å². The minimum Gasteiger partial charge on any atom is -0.489 e. The van der Waals surface area contributed by atoms with Crippen LogP contribution in [-0.2, 0) is 17.9 Å². The zero-order valence-electron chi connectivity index (χ0n) is 18.0. The van der Waals surface area contributed by atoms with Crippen LogP contribution < -0.4 is 4.74 Å². The van der Waals surface area contributed by atoms with Gasteiger partial charge in [0.2, 0.25) is 0 Å². The highest BCUT2D eigenvalue weighted by Gasteiger charge is 2.28. The molecule has 0 saturated carbocycles. The molecule has 1 heterocycles. The van der Waals surface area contributed by atoms with Crippen LogP contribution in [-0.4, -0.2) is 28.6 Å². The minimum absolute atomic E-state index is 0.371. The number of hydrogen-bond donors (Lipinski definition) is 1. The van der Waals surface area contributed by atoms with E-state index in [-0.39, 0.29) is 6.04 Å². The Morgan fingerprint density at radius 3 is 2.52 bits per heavy atom. The first-order valence-electron chi connectivity index (χ1n) is 10.9. The van der Waals surface area contributed by atoms with Gasteiger partial charge in [0.25, 0.3) is 0 Å². The molecular formula is C27H29NO3. The average molecular weight is 416 g/mol. The van der Waals surface area contributed by atoms with Crippen molar-refractivity contribution in [2.75, 3.05) is 6.54 Å². The van der Waals surface area contributed by atoms with Gasteiger partial charge in [0.15, 0.2) is 0 Å². The van der Waals surface area contributed by atoms with E-state index in [0.717, 1.165) is 37.1 Å². The molecule has 1 atom stereocenters. The maximum atomic E-state index is 11.5. The summed E-state index contributed by atoms with van der Waals surface area (Å²) in [5.41, 5.74) is 5.95. The van der Waals surface area contributed by atoms with Gasteiger partial charge >= 0.3 is 5.97 Å². The number of carbonyl (C=O) groups is 1. The van der Waals surface area contributed by atoms with E-state index in [2.05, 4.69) is 54.3 Å². The summed E-state index contributed by atoms with van der Waals surface area (Å²) >= 11 is 0. The quantitative estimate of drug-likeness (QED) is 0.539. The molecule has 0 spiro atoms. The fourth-order valence-electron chi connectivity index (χ4n) is 4.32. The average Bonchev–Trinajstić information content (AvgIpc) is 2.80. The Kier molecular flexibility index (Phi) is 6.68. The Bertz CT molecular complexity index is 1010. The molecule has 4 nitrogen and oxygen atoms in total. The van der Waals surface area contributed by atoms with Crippen molar-refractivity contribution in [3.63, 3.8) is 0 Å². The lowest BCUT2D eigenvalue weighted by molar-refractivity contribution is -0.144. The second kappa shape index (κ2) is 9.80. The van der Waals surface area contributed by atoms with Crippen LogP contribution >= 0.6 is 0 Å². The predicted octanol–water partition coefficient (Wildman–Crippen LogP) is 5.68. The summed E-state index contributed by atoms with van der Waals surface area (Å²) < 4.78 is 6.06. The van der Waals surface area contributed by atoms with Gasteiger partial charge in [-0.2, -0.15) is 0 Å². The second-order valence-electron chi connectivity index (χ2n) is 8.21. The Morgan fingerprint density at radius 2 is 1.77 bits per heavy atom. The first-order chi connectivity index (χ1) is 15.1. The lowest BCUT2D eigenvalue weighted by Gasteiger charge is -2.32. The topological polar surface area (TPSA) is 49.8 Å². The van der Waals surface area contributed by atoms with E-state index in [4.69, 9.17) is 4.74 Å². The monoisotopic (exact) mass is 415 g/mol. The van der Waals surface area contributed by atoms with Crippen LogP contribution in [0.1, 0.15) is 36.0 Å². The van der Waals surface area contributed by atoms with Gasteiger partial charge in [0.05, 0.1) is 0 Å². The molecule has 0 bridgehead atoms. The molecule has 0 aromatic heterocycles. The number of hydrogen-bond acceptors (Lipinski definition) is 3. The number of nitrogens with zero attached hydrogens (tertiary/aromatic N) is 1. The summed E-state index contributed by atoms with van der Waals surface area (Å²) in [5, 5.41) is 9.46. The van der Waals surface area contributed by atoms with Crippen molar-refractivity contribution in [3.05, 3.63) is 89.5 Å². The molecule has 1 N–H and O–H groups in total. The molecule has 31 heavy (non-hydrogen) atoms. The molecule has 0 radical (unpaired) electrons. The molecular weight excluding hydrogens is 386 g/mol. The van der Waals surface area contributed by atoms with Gasteiger partial charge in [-0.1, -0.05) is 67.1 Å². The Hall–Kier alpha value is -3.11. The summed E-state index contributed by atoms with van der Waals surface area (Å²) in [6, 6.07) is 24.4. The first kappa shape index (κ1) is 21.1. The van der Waals surface area contributed by atoms with E-state index in [9.17, 15) is 9.90 Å². The number of likely N-dealkylation sites (tertiary alicyclic amines) is 1. The molecule has 0 amide bonds. The standard InChI is InChI=1S/C27H29NO3/c1-20-23(10-7-11-25(20)22-8-3-2-4-9-22)19-31-24-15-13-21(14-16-24)18-28-17-6-5-12-26(28)27(29)30/h2-4,7-11,13-16,26H,5-6,12,17-19H2,1H3,(H,29,30)/t26-/m1/s1. The van der Waals surface area contributed by atoms with Gasteiger partial charge in [-0.15, -0.1) is 0 Å². The Morgan fingerprint density at radius 1 is 1.00 bits per heavy atom.